The van der Waals surface area contributed by atoms with Crippen LogP contribution in [0.4, 0.5) is 5.69 Å². The van der Waals surface area contributed by atoms with Crippen LogP contribution < -0.4 is 5.32 Å². The lowest BCUT2D eigenvalue weighted by atomic mass is 9.95. The molecule has 6 heteroatoms. The van der Waals surface area contributed by atoms with Crippen molar-refractivity contribution in [3.8, 4) is 0 Å². The maximum absolute atomic E-state index is 12.2. The quantitative estimate of drug-likeness (QED) is 0.876. The normalized spacial score (nSPS) is 19.6. The predicted octanol–water partition coefficient (Wildman–Crippen LogP) is 2.55. The fourth-order valence-electron chi connectivity index (χ4n) is 2.27. The number of carboxylic acids is 1. The third kappa shape index (κ3) is 3.95. The Hall–Kier alpha value is -1.59. The van der Waals surface area contributed by atoms with E-state index in [0.29, 0.717) is 23.7 Å². The van der Waals surface area contributed by atoms with Gasteiger partial charge in [-0.3, -0.25) is 9.59 Å². The molecule has 5 nitrogen and oxygen atoms in total. The summed E-state index contributed by atoms with van der Waals surface area (Å²) >= 11 is 5.77. The molecule has 2 rings (SSSR count). The van der Waals surface area contributed by atoms with Crippen LogP contribution in [0.2, 0.25) is 5.02 Å². The third-order valence-corrected chi connectivity index (χ3v) is 3.51. The van der Waals surface area contributed by atoms with Gasteiger partial charge in [0, 0.05) is 17.3 Å². The molecule has 0 saturated carbocycles. The van der Waals surface area contributed by atoms with Crippen molar-refractivity contribution in [3.05, 3.63) is 29.3 Å². The Morgan fingerprint density at radius 2 is 2.10 bits per heavy atom. The first-order valence-corrected chi connectivity index (χ1v) is 6.84. The van der Waals surface area contributed by atoms with Gasteiger partial charge in [-0.15, -0.1) is 0 Å². The number of carbonyl (C=O) groups is 2. The highest BCUT2D eigenvalue weighted by Crippen LogP contribution is 2.25. The summed E-state index contributed by atoms with van der Waals surface area (Å²) in [4.78, 5) is 23.1. The number of amides is 1. The van der Waals surface area contributed by atoms with Gasteiger partial charge in [0.25, 0.3) is 0 Å². The molecule has 1 aromatic carbocycles. The molecule has 0 bridgehead atoms. The number of ether oxygens (including phenoxy) is 1. The molecule has 2 atom stereocenters. The average Bonchev–Trinajstić information content (AvgIpc) is 2.92. The van der Waals surface area contributed by atoms with Crippen LogP contribution in [0.15, 0.2) is 24.3 Å². The molecule has 1 amide bonds. The van der Waals surface area contributed by atoms with E-state index in [1.165, 1.54) is 0 Å². The van der Waals surface area contributed by atoms with Crippen LogP contribution >= 0.6 is 11.6 Å². The van der Waals surface area contributed by atoms with E-state index in [4.69, 9.17) is 21.4 Å². The number of hydrogen-bond donors (Lipinski definition) is 2. The summed E-state index contributed by atoms with van der Waals surface area (Å²) in [5.74, 6) is -2.01. The molecule has 0 aromatic heterocycles. The topological polar surface area (TPSA) is 75.6 Å². The SMILES string of the molecule is O=C(O)C[C@H](C(=O)Nc1ccc(Cl)cc1)[C@H]1CCCO1. The van der Waals surface area contributed by atoms with Crippen molar-refractivity contribution in [3.63, 3.8) is 0 Å². The molecule has 0 radical (unpaired) electrons. The molecule has 108 valence electrons. The third-order valence-electron chi connectivity index (χ3n) is 3.26. The Bertz CT molecular complexity index is 482. The minimum atomic E-state index is -1.00. The number of carboxylic acid groups (broad SMARTS) is 1. The Balaban J connectivity index is 2.05. The fourth-order valence-corrected chi connectivity index (χ4v) is 2.40. The minimum absolute atomic E-state index is 0.232. The zero-order valence-corrected chi connectivity index (χ0v) is 11.6. The molecule has 1 aliphatic heterocycles. The Morgan fingerprint density at radius 3 is 2.65 bits per heavy atom. The summed E-state index contributed by atoms with van der Waals surface area (Å²) < 4.78 is 5.45. The van der Waals surface area contributed by atoms with E-state index >= 15 is 0 Å². The predicted molar refractivity (Wildman–Crippen MR) is 74.8 cm³/mol. The molecule has 0 unspecified atom stereocenters. The van der Waals surface area contributed by atoms with Crippen molar-refractivity contribution in [2.75, 3.05) is 11.9 Å². The number of hydrogen-bond acceptors (Lipinski definition) is 3. The first kappa shape index (κ1) is 14.8. The van der Waals surface area contributed by atoms with Gasteiger partial charge in [-0.1, -0.05) is 11.6 Å². The Labute approximate surface area is 121 Å². The van der Waals surface area contributed by atoms with Gasteiger partial charge < -0.3 is 15.2 Å². The lowest BCUT2D eigenvalue weighted by Gasteiger charge is -2.20. The summed E-state index contributed by atoms with van der Waals surface area (Å²) in [7, 11) is 0. The molecular weight excluding hydrogens is 282 g/mol. The van der Waals surface area contributed by atoms with E-state index in [9.17, 15) is 9.59 Å². The van der Waals surface area contributed by atoms with E-state index in [0.717, 1.165) is 6.42 Å². The first-order chi connectivity index (χ1) is 9.56. The van der Waals surface area contributed by atoms with Crippen LogP contribution in [0.25, 0.3) is 0 Å². The van der Waals surface area contributed by atoms with E-state index in [-0.39, 0.29) is 18.4 Å². The number of rotatable bonds is 5. The molecule has 1 aliphatic rings. The molecular formula is C14H16ClNO4. The number of halogens is 1. The number of nitrogens with one attached hydrogen (secondary N) is 1. The highest BCUT2D eigenvalue weighted by molar-refractivity contribution is 6.30. The van der Waals surface area contributed by atoms with Crippen molar-refractivity contribution in [2.45, 2.75) is 25.4 Å². The van der Waals surface area contributed by atoms with Crippen LogP contribution in [0, 0.1) is 5.92 Å². The first-order valence-electron chi connectivity index (χ1n) is 6.46. The van der Waals surface area contributed by atoms with Gasteiger partial charge >= 0.3 is 5.97 Å². The fraction of sp³-hybridized carbons (Fsp3) is 0.429. The number of carbonyl (C=O) groups excluding carboxylic acids is 1. The van der Waals surface area contributed by atoms with E-state index in [1.807, 2.05) is 0 Å². The van der Waals surface area contributed by atoms with Crippen LogP contribution in [0.1, 0.15) is 19.3 Å². The van der Waals surface area contributed by atoms with Gasteiger partial charge in [-0.05, 0) is 37.1 Å². The van der Waals surface area contributed by atoms with Gasteiger partial charge in [-0.25, -0.2) is 0 Å². The second kappa shape index (κ2) is 6.72. The molecule has 1 saturated heterocycles. The average molecular weight is 298 g/mol. The molecule has 20 heavy (non-hydrogen) atoms. The molecule has 0 aliphatic carbocycles. The van der Waals surface area contributed by atoms with E-state index < -0.39 is 11.9 Å². The van der Waals surface area contributed by atoms with Crippen LogP contribution in [-0.4, -0.2) is 29.7 Å². The number of aliphatic carboxylic acids is 1. The van der Waals surface area contributed by atoms with Gasteiger partial charge in [0.1, 0.15) is 0 Å². The molecule has 2 N–H and O–H groups in total. The van der Waals surface area contributed by atoms with Crippen molar-refractivity contribution in [2.24, 2.45) is 5.92 Å². The highest BCUT2D eigenvalue weighted by Gasteiger charge is 2.33. The summed E-state index contributed by atoms with van der Waals surface area (Å²) in [5.41, 5.74) is 0.591. The van der Waals surface area contributed by atoms with Crippen LogP contribution in [-0.2, 0) is 14.3 Å². The standard InChI is InChI=1S/C14H16ClNO4/c15-9-3-5-10(6-4-9)16-14(19)11(8-13(17)18)12-2-1-7-20-12/h3-6,11-12H,1-2,7-8H2,(H,16,19)(H,17,18)/t11-,12+/m0/s1. The maximum Gasteiger partial charge on any atom is 0.304 e. The minimum Gasteiger partial charge on any atom is -0.481 e. The van der Waals surface area contributed by atoms with Gasteiger partial charge in [-0.2, -0.15) is 0 Å². The second-order valence-electron chi connectivity index (χ2n) is 4.75. The highest BCUT2D eigenvalue weighted by atomic mass is 35.5. The summed E-state index contributed by atoms with van der Waals surface area (Å²) in [5, 5.41) is 12.2. The van der Waals surface area contributed by atoms with Gasteiger partial charge in [0.2, 0.25) is 5.91 Å². The zero-order valence-electron chi connectivity index (χ0n) is 10.8. The van der Waals surface area contributed by atoms with Crippen LogP contribution in [0.5, 0.6) is 0 Å². The zero-order chi connectivity index (χ0) is 14.5. The monoisotopic (exact) mass is 297 g/mol. The van der Waals surface area contributed by atoms with Crippen molar-refractivity contribution >= 4 is 29.2 Å². The molecule has 0 spiro atoms. The van der Waals surface area contributed by atoms with Crippen molar-refractivity contribution in [1.82, 2.24) is 0 Å². The van der Waals surface area contributed by atoms with E-state index in [1.54, 1.807) is 24.3 Å². The van der Waals surface area contributed by atoms with Gasteiger partial charge in [0.05, 0.1) is 18.4 Å². The van der Waals surface area contributed by atoms with Crippen molar-refractivity contribution < 1.29 is 19.4 Å². The number of anilines is 1. The van der Waals surface area contributed by atoms with Gasteiger partial charge in [0.15, 0.2) is 0 Å². The van der Waals surface area contributed by atoms with Crippen LogP contribution in [0.3, 0.4) is 0 Å². The van der Waals surface area contributed by atoms with E-state index in [2.05, 4.69) is 5.32 Å². The summed E-state index contributed by atoms with van der Waals surface area (Å²) in [6.45, 7) is 0.578. The Morgan fingerprint density at radius 1 is 1.40 bits per heavy atom. The molecule has 1 heterocycles. The molecule has 1 fully saturated rings. The smallest absolute Gasteiger partial charge is 0.304 e. The molecule has 1 aromatic rings. The lowest BCUT2D eigenvalue weighted by molar-refractivity contribution is -0.142. The van der Waals surface area contributed by atoms with Crippen molar-refractivity contribution in [1.29, 1.82) is 0 Å². The summed E-state index contributed by atoms with van der Waals surface area (Å²) in [6.07, 6.45) is 1.02. The maximum atomic E-state index is 12.2. The largest absolute Gasteiger partial charge is 0.481 e. The Kier molecular flexibility index (Phi) is 4.98. The lowest BCUT2D eigenvalue weighted by Crippen LogP contribution is -2.34. The summed E-state index contributed by atoms with van der Waals surface area (Å²) in [6, 6.07) is 6.67. The number of benzene rings is 1. The second-order valence-corrected chi connectivity index (χ2v) is 5.19.